The number of carboxylic acid groups (broad SMARTS) is 1. The van der Waals surface area contributed by atoms with Crippen LogP contribution in [0.4, 0.5) is 17.6 Å². The molecule has 2 fully saturated rings. The Labute approximate surface area is 396 Å². The second-order valence-electron chi connectivity index (χ2n) is 17.2. The first-order chi connectivity index (χ1) is 32.0. The van der Waals surface area contributed by atoms with Gasteiger partial charge in [0, 0.05) is 88.0 Å². The Morgan fingerprint density at radius 1 is 0.896 bits per heavy atom. The third-order valence-electron chi connectivity index (χ3n) is 12.4. The van der Waals surface area contributed by atoms with E-state index in [4.69, 9.17) is 15.6 Å². The summed E-state index contributed by atoms with van der Waals surface area (Å²) in [6.45, 7) is 6.35. The minimum atomic E-state index is -4.54. The molecule has 6 rings (SSSR count). The van der Waals surface area contributed by atoms with Crippen molar-refractivity contribution in [3.8, 4) is 5.75 Å². The molecule has 17 heteroatoms. The summed E-state index contributed by atoms with van der Waals surface area (Å²) in [7, 11) is 6.00. The molecular formula is C50H68F4N6O6S. The van der Waals surface area contributed by atoms with E-state index in [0.717, 1.165) is 82.5 Å². The van der Waals surface area contributed by atoms with Gasteiger partial charge in [0.1, 0.15) is 11.6 Å². The second kappa shape index (κ2) is 27.0. The van der Waals surface area contributed by atoms with Gasteiger partial charge in [-0.1, -0.05) is 62.2 Å². The molecule has 0 unspecified atom stereocenters. The van der Waals surface area contributed by atoms with Gasteiger partial charge in [0.2, 0.25) is 17.7 Å². The van der Waals surface area contributed by atoms with E-state index in [1.54, 1.807) is 7.11 Å². The van der Waals surface area contributed by atoms with Crippen LogP contribution in [-0.2, 0) is 44.0 Å². The molecule has 0 spiro atoms. The first-order valence-electron chi connectivity index (χ1n) is 23.1. The molecule has 5 N–H and O–H groups in total. The van der Waals surface area contributed by atoms with Crippen molar-refractivity contribution in [2.75, 3.05) is 53.9 Å². The molecule has 1 aromatic heterocycles. The maximum atomic E-state index is 12.5. The number of hydrogen-bond acceptors (Lipinski definition) is 9. The Morgan fingerprint density at radius 3 is 2.21 bits per heavy atom. The number of aliphatic carboxylic acids is 1. The fourth-order valence-electron chi connectivity index (χ4n) is 8.50. The predicted octanol–water partition coefficient (Wildman–Crippen LogP) is 8.70. The highest BCUT2D eigenvalue weighted by Crippen LogP contribution is 2.43. The third-order valence-corrected chi connectivity index (χ3v) is 13.5. The van der Waals surface area contributed by atoms with E-state index >= 15 is 0 Å². The molecule has 0 bridgehead atoms. The van der Waals surface area contributed by atoms with Crippen molar-refractivity contribution >= 4 is 45.8 Å². The van der Waals surface area contributed by atoms with Crippen molar-refractivity contribution in [3.05, 3.63) is 99.5 Å². The van der Waals surface area contributed by atoms with Gasteiger partial charge >= 0.3 is 12.1 Å². The lowest BCUT2D eigenvalue weighted by Crippen LogP contribution is -2.48. The van der Waals surface area contributed by atoms with Gasteiger partial charge in [-0.05, 0) is 98.6 Å². The lowest BCUT2D eigenvalue weighted by atomic mass is 9.77. The Hall–Kier alpha value is -5.10. The molecule has 1 saturated carbocycles. The number of piperazine rings is 1. The normalized spacial score (nSPS) is 17.5. The van der Waals surface area contributed by atoms with E-state index in [-0.39, 0.29) is 60.7 Å². The summed E-state index contributed by atoms with van der Waals surface area (Å²) in [5.74, 6) is -0.841. The van der Waals surface area contributed by atoms with Crippen LogP contribution in [-0.4, -0.2) is 103 Å². The number of nitrogens with one attached hydrogen (secondary N) is 2. The average molecular weight is 957 g/mol. The number of nitrogens with two attached hydrogens (primary N) is 1. The fraction of sp³-hybridized carbons (Fsp3) is 0.520. The summed E-state index contributed by atoms with van der Waals surface area (Å²) in [6.07, 6.45) is 4.09. The fourth-order valence-corrected chi connectivity index (χ4v) is 9.57. The zero-order chi connectivity index (χ0) is 49.0. The number of methoxy groups -OCH3 is 1. The molecule has 3 amide bonds. The monoisotopic (exact) mass is 956 g/mol. The van der Waals surface area contributed by atoms with Gasteiger partial charge in [0.05, 0.1) is 18.2 Å². The zero-order valence-corrected chi connectivity index (χ0v) is 40.1. The smallest absolute Gasteiger partial charge is 0.416 e. The number of benzene rings is 3. The van der Waals surface area contributed by atoms with Crippen LogP contribution in [0.25, 0.3) is 10.8 Å². The Kier molecular flexibility index (Phi) is 22.0. The van der Waals surface area contributed by atoms with E-state index in [1.807, 2.05) is 34.4 Å². The van der Waals surface area contributed by atoms with Crippen LogP contribution in [0.5, 0.6) is 5.75 Å². The number of carboxylic acids is 1. The van der Waals surface area contributed by atoms with Crippen molar-refractivity contribution in [1.82, 2.24) is 25.3 Å². The van der Waals surface area contributed by atoms with Gasteiger partial charge in [-0.3, -0.25) is 29.0 Å². The van der Waals surface area contributed by atoms with Gasteiger partial charge in [-0.2, -0.15) is 13.2 Å². The number of halogens is 4. The van der Waals surface area contributed by atoms with Crippen LogP contribution in [0, 0.1) is 5.82 Å². The Morgan fingerprint density at radius 2 is 1.60 bits per heavy atom. The standard InChI is InChI=1S/C21H35N3O2S.C21H26N2O4.C8H7F4N/c1-4-5-6-15-22-19(25)9-10-20(26)23-17-11-13-21(14-12-17,24(2)3)18-8-7-16-27-18;1-27-19-10-9-16-5-2-3-6-17(16)18(19)15-22-11-13-23(14-12-22)20(24)7-4-8-21(25)26;9-6-2-1-5(4-13)7(3-6)8(10,11)12/h7-8,16-17H,4-6,9-15H2,1-3H3,(H,22,25)(H,23,26);2-3,5-6,9-10H,4,7-8,11-15H2,1H3,(H,25,26);1-3H,4,13H2. The number of carbonyl (C=O) groups excluding carboxylic acids is 3. The van der Waals surface area contributed by atoms with Gasteiger partial charge in [0.15, 0.2) is 0 Å². The van der Waals surface area contributed by atoms with Crippen LogP contribution in [0.1, 0.15) is 106 Å². The van der Waals surface area contributed by atoms with Crippen LogP contribution < -0.4 is 21.1 Å². The highest BCUT2D eigenvalue weighted by atomic mass is 32.1. The number of ether oxygens (including phenoxy) is 1. The zero-order valence-electron chi connectivity index (χ0n) is 39.3. The van der Waals surface area contributed by atoms with Gasteiger partial charge in [-0.25, -0.2) is 4.39 Å². The summed E-state index contributed by atoms with van der Waals surface area (Å²) in [5.41, 5.74) is 5.24. The minimum absolute atomic E-state index is 0.00261. The van der Waals surface area contributed by atoms with E-state index < -0.39 is 23.5 Å². The maximum absolute atomic E-state index is 12.5. The van der Waals surface area contributed by atoms with E-state index in [1.165, 1.54) is 21.2 Å². The van der Waals surface area contributed by atoms with Crippen molar-refractivity contribution in [2.24, 2.45) is 5.73 Å². The molecule has 1 aliphatic carbocycles. The molecular weight excluding hydrogens is 889 g/mol. The molecule has 0 atom stereocenters. The quantitative estimate of drug-likeness (QED) is 0.0566. The van der Waals surface area contributed by atoms with Crippen molar-refractivity contribution < 1.29 is 46.6 Å². The lowest BCUT2D eigenvalue weighted by Gasteiger charge is -2.44. The summed E-state index contributed by atoms with van der Waals surface area (Å²) in [5, 5.41) is 19.3. The van der Waals surface area contributed by atoms with Crippen molar-refractivity contribution in [3.63, 3.8) is 0 Å². The van der Waals surface area contributed by atoms with Crippen LogP contribution >= 0.6 is 11.3 Å². The molecule has 1 saturated heterocycles. The average Bonchev–Trinajstić information content (AvgIpc) is 3.86. The summed E-state index contributed by atoms with van der Waals surface area (Å²) in [4.78, 5) is 54.7. The van der Waals surface area contributed by atoms with Crippen LogP contribution in [0.2, 0.25) is 0 Å². The van der Waals surface area contributed by atoms with Crippen LogP contribution in [0.15, 0.2) is 72.1 Å². The number of amides is 3. The number of rotatable bonds is 18. The number of hydrogen-bond donors (Lipinski definition) is 4. The molecule has 2 aliphatic rings. The first-order valence-corrected chi connectivity index (χ1v) is 24.0. The second-order valence-corrected chi connectivity index (χ2v) is 18.1. The van der Waals surface area contributed by atoms with Crippen molar-refractivity contribution in [1.29, 1.82) is 0 Å². The number of unbranched alkanes of at least 4 members (excludes halogenated alkanes) is 2. The molecule has 1 aliphatic heterocycles. The molecule has 4 aromatic rings. The molecule has 0 radical (unpaired) electrons. The summed E-state index contributed by atoms with van der Waals surface area (Å²) in [6, 6.07) is 19.4. The molecule has 2 heterocycles. The predicted molar refractivity (Wildman–Crippen MR) is 255 cm³/mol. The number of thiophene rings is 1. The van der Waals surface area contributed by atoms with Crippen molar-refractivity contribution in [2.45, 2.75) is 115 Å². The minimum Gasteiger partial charge on any atom is -0.496 e. The van der Waals surface area contributed by atoms with Gasteiger partial charge in [0.25, 0.3) is 0 Å². The number of carbonyl (C=O) groups is 4. The van der Waals surface area contributed by atoms with E-state index in [9.17, 15) is 36.7 Å². The molecule has 3 aromatic carbocycles. The SMILES string of the molecule is CCCCCNC(=O)CCC(=O)NC1CCC(c2cccs2)(N(C)C)CC1.COc1ccc2ccccc2c1CN1CCN(C(=O)CCCC(=O)O)CC1.NCc1ccc(F)cc1C(F)(F)F. The maximum Gasteiger partial charge on any atom is 0.416 e. The Balaban J connectivity index is 0.000000233. The highest BCUT2D eigenvalue weighted by molar-refractivity contribution is 7.10. The van der Waals surface area contributed by atoms with Gasteiger partial charge in [-0.15, -0.1) is 11.3 Å². The molecule has 12 nitrogen and oxygen atoms in total. The first kappa shape index (κ1) is 54.5. The molecule has 67 heavy (non-hydrogen) atoms. The highest BCUT2D eigenvalue weighted by Gasteiger charge is 2.40. The number of nitrogens with zero attached hydrogens (tertiary/aromatic N) is 3. The third kappa shape index (κ3) is 16.9. The van der Waals surface area contributed by atoms with Crippen LogP contribution in [0.3, 0.4) is 0 Å². The largest absolute Gasteiger partial charge is 0.496 e. The summed E-state index contributed by atoms with van der Waals surface area (Å²) >= 11 is 1.82. The number of alkyl halides is 3. The Bertz CT molecular complexity index is 2170. The van der Waals surface area contributed by atoms with E-state index in [0.29, 0.717) is 38.5 Å². The summed E-state index contributed by atoms with van der Waals surface area (Å²) < 4.78 is 54.6. The van der Waals surface area contributed by atoms with E-state index in [2.05, 4.69) is 77.2 Å². The van der Waals surface area contributed by atoms with Gasteiger partial charge < -0.3 is 31.1 Å². The topological polar surface area (TPSA) is 158 Å². The lowest BCUT2D eigenvalue weighted by molar-refractivity contribution is -0.139. The number of fused-ring (bicyclic) bond motifs is 1. The molecule has 368 valence electrons.